The third-order valence-corrected chi connectivity index (χ3v) is 3.52. The Morgan fingerprint density at radius 2 is 2.00 bits per heavy atom. The van der Waals surface area contributed by atoms with Crippen molar-refractivity contribution >= 4 is 5.91 Å². The Balaban J connectivity index is 2.38. The quantitative estimate of drug-likeness (QED) is 0.612. The van der Waals surface area contributed by atoms with Gasteiger partial charge in [-0.15, -0.1) is 0 Å². The van der Waals surface area contributed by atoms with Crippen LogP contribution in [-0.2, 0) is 9.53 Å². The molecule has 0 aromatic carbocycles. The van der Waals surface area contributed by atoms with Crippen LogP contribution in [0.25, 0.3) is 0 Å². The van der Waals surface area contributed by atoms with E-state index in [-0.39, 0.29) is 0 Å². The summed E-state index contributed by atoms with van der Waals surface area (Å²) in [4.78, 5) is 14.3. The van der Waals surface area contributed by atoms with Gasteiger partial charge in [-0.25, -0.2) is 0 Å². The highest BCUT2D eigenvalue weighted by atomic mass is 16.5. The molecule has 1 aliphatic rings. The second-order valence-corrected chi connectivity index (χ2v) is 5.32. The molecule has 0 spiro atoms. The monoisotopic (exact) mass is 241 g/mol. The lowest BCUT2D eigenvalue weighted by Gasteiger charge is -2.32. The molecular formula is C14H27NO2. The lowest BCUT2D eigenvalue weighted by Crippen LogP contribution is -2.43. The van der Waals surface area contributed by atoms with Crippen LogP contribution >= 0.6 is 0 Å². The molecule has 3 nitrogen and oxygen atoms in total. The first kappa shape index (κ1) is 14.5. The molecule has 0 saturated heterocycles. The first-order chi connectivity index (χ1) is 8.07. The summed E-state index contributed by atoms with van der Waals surface area (Å²) in [6.07, 6.45) is 3.86. The van der Waals surface area contributed by atoms with E-state index in [1.807, 2.05) is 6.92 Å². The van der Waals surface area contributed by atoms with Gasteiger partial charge >= 0.3 is 0 Å². The van der Waals surface area contributed by atoms with E-state index in [0.29, 0.717) is 36.9 Å². The van der Waals surface area contributed by atoms with Crippen LogP contribution in [0.15, 0.2) is 0 Å². The third kappa shape index (κ3) is 4.66. The van der Waals surface area contributed by atoms with E-state index < -0.39 is 0 Å². The highest BCUT2D eigenvalue weighted by Gasteiger charge is 2.36. The molecule has 0 bridgehead atoms. The lowest BCUT2D eigenvalue weighted by atomic mass is 10.0. The molecule has 0 aromatic heterocycles. The van der Waals surface area contributed by atoms with Gasteiger partial charge in [0.25, 0.3) is 0 Å². The van der Waals surface area contributed by atoms with Gasteiger partial charge in [-0.05, 0) is 39.0 Å². The first-order valence-electron chi connectivity index (χ1n) is 6.96. The van der Waals surface area contributed by atoms with Crippen LogP contribution in [-0.4, -0.2) is 36.1 Å². The van der Waals surface area contributed by atoms with Gasteiger partial charge in [-0.1, -0.05) is 13.8 Å². The molecule has 17 heavy (non-hydrogen) atoms. The van der Waals surface area contributed by atoms with Gasteiger partial charge < -0.3 is 9.64 Å². The fourth-order valence-electron chi connectivity index (χ4n) is 2.04. The standard InChI is InChI=1S/C14H27NO2/c1-5-17-10-6-7-14(16)15(13-8-9-13)12(4)11(2)3/h11-13H,5-10H2,1-4H3. The topological polar surface area (TPSA) is 29.5 Å². The first-order valence-corrected chi connectivity index (χ1v) is 6.96. The molecule has 1 rings (SSSR count). The Bertz CT molecular complexity index is 236. The van der Waals surface area contributed by atoms with Crippen LogP contribution < -0.4 is 0 Å². The number of ether oxygens (including phenoxy) is 1. The summed E-state index contributed by atoms with van der Waals surface area (Å²) in [5.74, 6) is 0.847. The smallest absolute Gasteiger partial charge is 0.223 e. The van der Waals surface area contributed by atoms with Gasteiger partial charge in [0, 0.05) is 31.7 Å². The van der Waals surface area contributed by atoms with Crippen molar-refractivity contribution < 1.29 is 9.53 Å². The second-order valence-electron chi connectivity index (χ2n) is 5.32. The van der Waals surface area contributed by atoms with Gasteiger partial charge in [-0.3, -0.25) is 4.79 Å². The Kier molecular flexibility index (Phi) is 5.96. The van der Waals surface area contributed by atoms with E-state index in [1.54, 1.807) is 0 Å². The van der Waals surface area contributed by atoms with Crippen molar-refractivity contribution in [2.75, 3.05) is 13.2 Å². The summed E-state index contributed by atoms with van der Waals surface area (Å²) >= 11 is 0. The van der Waals surface area contributed by atoms with Crippen LogP contribution in [0.1, 0.15) is 53.4 Å². The second kappa shape index (κ2) is 7.00. The minimum Gasteiger partial charge on any atom is -0.382 e. The molecule has 0 N–H and O–H groups in total. The van der Waals surface area contributed by atoms with Crippen LogP contribution in [0, 0.1) is 5.92 Å². The zero-order valence-electron chi connectivity index (χ0n) is 11.7. The van der Waals surface area contributed by atoms with Gasteiger partial charge in [-0.2, -0.15) is 0 Å². The van der Waals surface area contributed by atoms with Crippen molar-refractivity contribution in [3.05, 3.63) is 0 Å². The number of amides is 1. The van der Waals surface area contributed by atoms with E-state index in [1.165, 1.54) is 12.8 Å². The maximum atomic E-state index is 12.2. The molecule has 1 aliphatic carbocycles. The number of carbonyl (C=O) groups is 1. The van der Waals surface area contributed by atoms with Crippen molar-refractivity contribution in [1.82, 2.24) is 4.90 Å². The molecule has 1 atom stereocenters. The number of carbonyl (C=O) groups excluding carboxylic acids is 1. The molecular weight excluding hydrogens is 214 g/mol. The number of hydrogen-bond acceptors (Lipinski definition) is 2. The zero-order chi connectivity index (χ0) is 12.8. The van der Waals surface area contributed by atoms with Crippen molar-refractivity contribution in [3.63, 3.8) is 0 Å². The minimum absolute atomic E-state index is 0.313. The Morgan fingerprint density at radius 3 is 2.47 bits per heavy atom. The van der Waals surface area contributed by atoms with Crippen LogP contribution in [0.4, 0.5) is 0 Å². The van der Waals surface area contributed by atoms with Crippen molar-refractivity contribution in [2.45, 2.75) is 65.5 Å². The molecule has 1 fully saturated rings. The molecule has 0 aliphatic heterocycles. The molecule has 1 amide bonds. The number of hydrogen-bond donors (Lipinski definition) is 0. The van der Waals surface area contributed by atoms with Gasteiger partial charge in [0.2, 0.25) is 5.91 Å². The van der Waals surface area contributed by atoms with Crippen LogP contribution in [0.5, 0.6) is 0 Å². The predicted molar refractivity (Wildman–Crippen MR) is 69.9 cm³/mol. The SMILES string of the molecule is CCOCCCC(=O)N(C1CC1)C(C)C(C)C. The van der Waals surface area contributed by atoms with Crippen molar-refractivity contribution in [3.8, 4) is 0 Å². The summed E-state index contributed by atoms with van der Waals surface area (Å²) in [5, 5.41) is 0. The summed E-state index contributed by atoms with van der Waals surface area (Å²) in [5.41, 5.74) is 0. The largest absolute Gasteiger partial charge is 0.382 e. The predicted octanol–water partition coefficient (Wildman–Crippen LogP) is 2.84. The molecule has 100 valence electrons. The van der Waals surface area contributed by atoms with Crippen molar-refractivity contribution in [2.24, 2.45) is 5.92 Å². The Morgan fingerprint density at radius 1 is 1.35 bits per heavy atom. The van der Waals surface area contributed by atoms with E-state index in [2.05, 4.69) is 25.7 Å². The highest BCUT2D eigenvalue weighted by Crippen LogP contribution is 2.31. The van der Waals surface area contributed by atoms with Gasteiger partial charge in [0.15, 0.2) is 0 Å². The fourth-order valence-corrected chi connectivity index (χ4v) is 2.04. The molecule has 0 heterocycles. The fraction of sp³-hybridized carbons (Fsp3) is 0.929. The van der Waals surface area contributed by atoms with Crippen LogP contribution in [0.2, 0.25) is 0 Å². The summed E-state index contributed by atoms with van der Waals surface area (Å²) < 4.78 is 5.28. The number of rotatable bonds is 8. The summed E-state index contributed by atoms with van der Waals surface area (Å²) in [7, 11) is 0. The van der Waals surface area contributed by atoms with E-state index in [9.17, 15) is 4.79 Å². The normalized spacial score (nSPS) is 17.2. The lowest BCUT2D eigenvalue weighted by molar-refractivity contribution is -0.135. The number of nitrogens with zero attached hydrogens (tertiary/aromatic N) is 1. The average molecular weight is 241 g/mol. The van der Waals surface area contributed by atoms with Gasteiger partial charge in [0.1, 0.15) is 0 Å². The van der Waals surface area contributed by atoms with E-state index >= 15 is 0 Å². The minimum atomic E-state index is 0.313. The maximum Gasteiger partial charge on any atom is 0.223 e. The Labute approximate surface area is 106 Å². The Hall–Kier alpha value is -0.570. The molecule has 0 radical (unpaired) electrons. The molecule has 3 heteroatoms. The third-order valence-electron chi connectivity index (χ3n) is 3.52. The summed E-state index contributed by atoms with van der Waals surface area (Å²) in [6, 6.07) is 0.883. The average Bonchev–Trinajstić information content (AvgIpc) is 3.09. The van der Waals surface area contributed by atoms with Crippen LogP contribution in [0.3, 0.4) is 0 Å². The summed E-state index contributed by atoms with van der Waals surface area (Å²) in [6.45, 7) is 9.98. The highest BCUT2D eigenvalue weighted by molar-refractivity contribution is 5.77. The maximum absolute atomic E-state index is 12.2. The van der Waals surface area contributed by atoms with Crippen molar-refractivity contribution in [1.29, 1.82) is 0 Å². The molecule has 0 aromatic rings. The van der Waals surface area contributed by atoms with Gasteiger partial charge in [0.05, 0.1) is 0 Å². The van der Waals surface area contributed by atoms with E-state index in [4.69, 9.17) is 4.74 Å². The molecule has 1 saturated carbocycles. The zero-order valence-corrected chi connectivity index (χ0v) is 11.7. The van der Waals surface area contributed by atoms with E-state index in [0.717, 1.165) is 13.0 Å². The molecule has 1 unspecified atom stereocenters.